The van der Waals surface area contributed by atoms with Crippen LogP contribution in [0.5, 0.6) is 5.75 Å². The fourth-order valence-electron chi connectivity index (χ4n) is 8.70. The zero-order valence-corrected chi connectivity index (χ0v) is 44.9. The number of aromatic nitrogens is 3. The number of hydrogen-bond donors (Lipinski definition) is 1. The molecule has 0 amide bonds. The maximum atomic E-state index is 12.6. The van der Waals surface area contributed by atoms with Gasteiger partial charge in [-0.15, -0.1) is 29.3 Å². The van der Waals surface area contributed by atoms with E-state index in [-0.39, 0.29) is 60.7 Å². The van der Waals surface area contributed by atoms with Gasteiger partial charge in [0, 0.05) is 46.8 Å². The van der Waals surface area contributed by atoms with Crippen LogP contribution >= 0.6 is 0 Å². The number of phenolic OH excluding ortho intramolecular Hbond substituents is 1. The van der Waals surface area contributed by atoms with Gasteiger partial charge in [0.2, 0.25) is 0 Å². The van der Waals surface area contributed by atoms with Crippen molar-refractivity contribution in [2.45, 2.75) is 132 Å². The van der Waals surface area contributed by atoms with Gasteiger partial charge in [0.25, 0.3) is 0 Å². The predicted octanol–water partition coefficient (Wildman–Crippen LogP) is 17.0. The summed E-state index contributed by atoms with van der Waals surface area (Å²) in [6.45, 7) is 31.9. The van der Waals surface area contributed by atoms with E-state index in [0.29, 0.717) is 39.3 Å². The second-order valence-electron chi connectivity index (χ2n) is 23.4. The summed E-state index contributed by atoms with van der Waals surface area (Å²) in [4.78, 5) is 10.4. The number of phenols is 1. The first-order chi connectivity index (χ1) is 32.9. The molecule has 0 spiro atoms. The zero-order valence-electron chi connectivity index (χ0n) is 46.7. The van der Waals surface area contributed by atoms with Gasteiger partial charge in [0.1, 0.15) is 11.6 Å². The van der Waals surface area contributed by atoms with Gasteiger partial charge in [0.05, 0.1) is 25.0 Å². The molecule has 8 rings (SSSR count). The molecule has 2 aromatic heterocycles. The van der Waals surface area contributed by atoms with Crippen LogP contribution in [0.3, 0.4) is 0 Å². The van der Waals surface area contributed by atoms with Crippen molar-refractivity contribution in [2.24, 2.45) is 5.41 Å². The number of para-hydroxylation sites is 1. The van der Waals surface area contributed by atoms with Gasteiger partial charge < -0.3 is 5.11 Å². The van der Waals surface area contributed by atoms with E-state index < -0.39 is 11.8 Å². The second kappa shape index (κ2) is 18.4. The van der Waals surface area contributed by atoms with Crippen LogP contribution in [0.1, 0.15) is 137 Å². The van der Waals surface area contributed by atoms with Crippen LogP contribution in [0.2, 0.25) is 0 Å². The first-order valence-corrected chi connectivity index (χ1v) is 23.6. The average Bonchev–Trinajstić information content (AvgIpc) is 3.67. The van der Waals surface area contributed by atoms with Crippen molar-refractivity contribution in [1.29, 1.82) is 0 Å². The topological polar surface area (TPSA) is 50.9 Å². The molecule has 0 radical (unpaired) electrons. The van der Waals surface area contributed by atoms with E-state index in [1.165, 1.54) is 5.56 Å². The van der Waals surface area contributed by atoms with E-state index in [1.54, 1.807) is 12.1 Å². The standard InChI is InChI=1S/C63H70N3O.Pt/c1-59(2,3)39-40-24-26-41(27-25-40)43-30-31-64-53(35-43)45-32-44(33-47(34-45)61(7,8)9)49-22-19-23-55-56(49)65-58(51-37-48(62(10,11)12)38-52(57(51)67)63(13,14)15)66(55)54-29-28-46(60(4,5)6)36-50(54)42-20-17-16-18-21-42;/h16-31,33-38,67H,39H2,1-15H3;/q-1;/i30D,31D,39D2;. The van der Waals surface area contributed by atoms with Crippen LogP contribution in [0, 0.1) is 11.5 Å². The van der Waals surface area contributed by atoms with Gasteiger partial charge in [-0.3, -0.25) is 9.55 Å². The maximum Gasteiger partial charge on any atom is 0.148 e. The summed E-state index contributed by atoms with van der Waals surface area (Å²) in [7, 11) is 0. The number of rotatable bonds is 7. The molecule has 0 fully saturated rings. The van der Waals surface area contributed by atoms with Crippen molar-refractivity contribution in [3.63, 3.8) is 0 Å². The molecule has 0 atom stereocenters. The molecule has 0 aliphatic rings. The number of pyridine rings is 1. The molecule has 0 saturated carbocycles. The van der Waals surface area contributed by atoms with E-state index in [4.69, 9.17) is 15.5 Å². The molecular formula is C63H70N3OPt-. The molecule has 4 nitrogen and oxygen atoms in total. The third-order valence-electron chi connectivity index (χ3n) is 12.6. The van der Waals surface area contributed by atoms with Crippen molar-refractivity contribution >= 4 is 11.0 Å². The van der Waals surface area contributed by atoms with E-state index in [1.807, 2.05) is 45.0 Å². The van der Waals surface area contributed by atoms with E-state index in [0.717, 1.165) is 55.7 Å². The van der Waals surface area contributed by atoms with Gasteiger partial charge in [-0.05, 0) is 97.1 Å². The molecule has 0 aliphatic carbocycles. The molecule has 68 heavy (non-hydrogen) atoms. The Morgan fingerprint density at radius 2 is 1.19 bits per heavy atom. The molecule has 0 aliphatic heterocycles. The number of fused-ring (bicyclic) bond motifs is 1. The molecule has 8 aromatic rings. The summed E-state index contributed by atoms with van der Waals surface area (Å²) in [5.74, 6) is 0.820. The van der Waals surface area contributed by atoms with Gasteiger partial charge in [0.15, 0.2) is 0 Å². The van der Waals surface area contributed by atoms with Crippen molar-refractivity contribution in [2.75, 3.05) is 0 Å². The van der Waals surface area contributed by atoms with Crippen molar-refractivity contribution in [3.05, 3.63) is 167 Å². The summed E-state index contributed by atoms with van der Waals surface area (Å²) < 4.78 is 37.9. The van der Waals surface area contributed by atoms with Crippen molar-refractivity contribution in [1.82, 2.24) is 14.5 Å². The molecule has 6 aromatic carbocycles. The largest absolute Gasteiger partial charge is 0.507 e. The molecule has 2 heterocycles. The minimum atomic E-state index is -1.58. The zero-order chi connectivity index (χ0) is 52.0. The Morgan fingerprint density at radius 1 is 0.574 bits per heavy atom. The van der Waals surface area contributed by atoms with Gasteiger partial charge in [-0.25, -0.2) is 4.98 Å². The second-order valence-corrected chi connectivity index (χ2v) is 23.4. The van der Waals surface area contributed by atoms with Gasteiger partial charge >= 0.3 is 0 Å². The molecule has 354 valence electrons. The first kappa shape index (κ1) is 44.9. The van der Waals surface area contributed by atoms with Crippen LogP contribution in [-0.2, 0) is 49.1 Å². The van der Waals surface area contributed by atoms with E-state index in [9.17, 15) is 5.11 Å². The Bertz CT molecular complexity index is 3320. The summed E-state index contributed by atoms with van der Waals surface area (Å²) in [5.41, 5.74) is 12.4. The smallest absolute Gasteiger partial charge is 0.148 e. The summed E-state index contributed by atoms with van der Waals surface area (Å²) >= 11 is 0. The molecule has 5 heteroatoms. The Kier molecular flexibility index (Phi) is 12.1. The predicted molar refractivity (Wildman–Crippen MR) is 285 cm³/mol. The fourth-order valence-corrected chi connectivity index (χ4v) is 8.70. The first-order valence-electron chi connectivity index (χ1n) is 25.6. The van der Waals surface area contributed by atoms with Crippen LogP contribution in [0.25, 0.3) is 72.7 Å². The minimum absolute atomic E-state index is 0. The summed E-state index contributed by atoms with van der Waals surface area (Å²) in [5, 5.41) is 12.6. The van der Waals surface area contributed by atoms with Gasteiger partial charge in [-0.1, -0.05) is 200 Å². The summed E-state index contributed by atoms with van der Waals surface area (Å²) in [6.07, 6.45) is -1.74. The number of benzene rings is 6. The molecule has 0 bridgehead atoms. The monoisotopic (exact) mass is 1080 g/mol. The number of aromatic hydroxyl groups is 1. The average molecular weight is 1080 g/mol. The summed E-state index contributed by atoms with van der Waals surface area (Å²) in [6, 6.07) is 44.8. The number of imidazole rings is 1. The Labute approximate surface area is 427 Å². The normalized spacial score (nSPS) is 13.7. The third-order valence-corrected chi connectivity index (χ3v) is 12.6. The van der Waals surface area contributed by atoms with E-state index >= 15 is 0 Å². The number of hydrogen-bond acceptors (Lipinski definition) is 3. The van der Waals surface area contributed by atoms with Crippen molar-refractivity contribution in [3.8, 4) is 67.5 Å². The Morgan fingerprint density at radius 3 is 1.81 bits per heavy atom. The Hall–Kier alpha value is -5.57. The van der Waals surface area contributed by atoms with Crippen LogP contribution in [0.15, 0.2) is 134 Å². The Balaban J connectivity index is 0.00000760. The number of nitrogens with zero attached hydrogens (tertiary/aromatic N) is 3. The maximum absolute atomic E-state index is 12.6. The SMILES string of the molecule is [2H]c1nc(-c2[c-]c(-c3cccc4c3nc(-c3cc(C(C)(C)C)cc(C(C)(C)C)c3O)n4-c3ccc(C(C)(C)C)cc3-c3ccccc3)cc(C(C)(C)C)c2)cc(-c2ccc(C([2H])([2H])C(C)(C)C)cc2)c1[2H].[Pt]. The van der Waals surface area contributed by atoms with E-state index in [2.05, 4.69) is 179 Å². The van der Waals surface area contributed by atoms with Crippen LogP contribution in [0.4, 0.5) is 0 Å². The van der Waals surface area contributed by atoms with Crippen LogP contribution < -0.4 is 0 Å². The fraction of sp³-hybridized carbons (Fsp3) is 0.333. The molecule has 0 saturated heterocycles. The molecular weight excluding hydrogens is 1010 g/mol. The minimum Gasteiger partial charge on any atom is -0.507 e. The third kappa shape index (κ3) is 10.5. The van der Waals surface area contributed by atoms with Crippen molar-refractivity contribution < 1.29 is 31.7 Å². The quantitative estimate of drug-likeness (QED) is 0.162. The molecule has 1 N–H and O–H groups in total. The van der Waals surface area contributed by atoms with Gasteiger partial charge in [-0.2, -0.15) is 0 Å². The molecule has 0 unspecified atom stereocenters. The van der Waals surface area contributed by atoms with Crippen LogP contribution in [-0.4, -0.2) is 19.6 Å².